The van der Waals surface area contributed by atoms with Gasteiger partial charge in [0.2, 0.25) is 0 Å². The Morgan fingerprint density at radius 3 is 1.92 bits per heavy atom. The third kappa shape index (κ3) is 7.59. The van der Waals surface area contributed by atoms with E-state index in [4.69, 9.17) is 14.0 Å². The lowest BCUT2D eigenvalue weighted by atomic mass is 11.5. The number of hydrogen-bond donors (Lipinski definition) is 1. The summed E-state index contributed by atoms with van der Waals surface area (Å²) in [5.41, 5.74) is 5.56. The largest absolute Gasteiger partial charge is 0.438 e. The molecule has 0 radical (unpaired) electrons. The van der Waals surface area contributed by atoms with Crippen molar-refractivity contribution in [3.05, 3.63) is 0 Å². The van der Waals surface area contributed by atoms with Crippen molar-refractivity contribution in [3.8, 4) is 0 Å². The summed E-state index contributed by atoms with van der Waals surface area (Å²) >= 11 is 0. The molecule has 3 nitrogen and oxygen atoms in total. The molecule has 0 heterocycles. The molecule has 0 rings (SSSR count). The van der Waals surface area contributed by atoms with E-state index >= 15 is 0 Å². The summed E-state index contributed by atoms with van der Waals surface area (Å²) in [6.45, 7) is 12.9. The van der Waals surface area contributed by atoms with E-state index in [-0.39, 0.29) is 0 Å². The molecule has 0 aliphatic rings. The monoisotopic (exact) mass is 237 g/mol. The van der Waals surface area contributed by atoms with Crippen molar-refractivity contribution in [2.45, 2.75) is 39.3 Å². The van der Waals surface area contributed by atoms with E-state index in [0.717, 1.165) is 0 Å². The zero-order valence-electron chi connectivity index (χ0n) is 9.68. The number of nitrogens with two attached hydrogens (primary N) is 1. The molecule has 0 aliphatic heterocycles. The molecule has 13 heavy (non-hydrogen) atoms. The molecule has 0 aromatic rings. The van der Waals surface area contributed by atoms with Gasteiger partial charge in [0.05, 0.1) is 0 Å². The SMILES string of the molecule is C[SiH](CN)O[Si](C)(C)O[Si](C)(C)C. The zero-order valence-corrected chi connectivity index (χ0v) is 12.8. The van der Waals surface area contributed by atoms with Crippen LogP contribution in [0.5, 0.6) is 0 Å². The van der Waals surface area contributed by atoms with Crippen LogP contribution in [0, 0.1) is 0 Å². The Morgan fingerprint density at radius 1 is 1.15 bits per heavy atom. The third-order valence-electron chi connectivity index (χ3n) is 1.37. The minimum atomic E-state index is -1.88. The van der Waals surface area contributed by atoms with Gasteiger partial charge in [0.25, 0.3) is 0 Å². The molecular weight excluding hydrogens is 214 g/mol. The summed E-state index contributed by atoms with van der Waals surface area (Å²) in [6.07, 6.45) is 0.700. The second-order valence-electron chi connectivity index (χ2n) is 4.78. The second-order valence-corrected chi connectivity index (χ2v) is 15.7. The highest BCUT2D eigenvalue weighted by molar-refractivity contribution is 6.84. The van der Waals surface area contributed by atoms with Gasteiger partial charge in [0.1, 0.15) is 0 Å². The number of rotatable bonds is 5. The summed E-state index contributed by atoms with van der Waals surface area (Å²) in [7, 11) is -4.49. The van der Waals surface area contributed by atoms with Crippen molar-refractivity contribution in [1.82, 2.24) is 0 Å². The molecule has 0 saturated carbocycles. The fraction of sp³-hybridized carbons (Fsp3) is 1.00. The lowest BCUT2D eigenvalue weighted by molar-refractivity contribution is 0.402. The van der Waals surface area contributed by atoms with E-state index < -0.39 is 25.9 Å². The van der Waals surface area contributed by atoms with Gasteiger partial charge in [-0.2, -0.15) is 0 Å². The molecule has 0 spiro atoms. The molecule has 1 atom stereocenters. The Bertz CT molecular complexity index is 158. The highest BCUT2D eigenvalue weighted by Gasteiger charge is 2.32. The van der Waals surface area contributed by atoms with E-state index in [1.165, 1.54) is 0 Å². The minimum Gasteiger partial charge on any atom is -0.438 e. The van der Waals surface area contributed by atoms with Gasteiger partial charge in [0.15, 0.2) is 17.4 Å². The van der Waals surface area contributed by atoms with Crippen LogP contribution in [0.15, 0.2) is 0 Å². The third-order valence-corrected chi connectivity index (χ3v) is 10.3. The summed E-state index contributed by atoms with van der Waals surface area (Å²) in [5.74, 6) is 0. The standard InChI is InChI=1S/C7H23NO2Si3/c1-11(7-8)9-13(5,6)10-12(2,3)4/h11H,7-8H2,1-6H3. The van der Waals surface area contributed by atoms with Crippen molar-refractivity contribution in [3.63, 3.8) is 0 Å². The Hall–Kier alpha value is 0.531. The molecule has 0 bridgehead atoms. The van der Waals surface area contributed by atoms with E-state index in [1.54, 1.807) is 0 Å². The van der Waals surface area contributed by atoms with Gasteiger partial charge in [-0.15, -0.1) is 0 Å². The first-order chi connectivity index (χ1) is 5.66. The molecule has 2 N–H and O–H groups in total. The molecule has 0 aromatic carbocycles. The van der Waals surface area contributed by atoms with Crippen LogP contribution in [-0.2, 0) is 8.23 Å². The Labute approximate surface area is 85.7 Å². The van der Waals surface area contributed by atoms with Gasteiger partial charge in [-0.3, -0.25) is 0 Å². The van der Waals surface area contributed by atoms with Gasteiger partial charge in [-0.25, -0.2) is 0 Å². The minimum absolute atomic E-state index is 0.700. The molecule has 0 aromatic heterocycles. The van der Waals surface area contributed by atoms with Crippen LogP contribution in [-0.4, -0.2) is 32.1 Å². The Morgan fingerprint density at radius 2 is 1.62 bits per heavy atom. The van der Waals surface area contributed by atoms with Crippen LogP contribution in [0.4, 0.5) is 0 Å². The molecule has 0 aliphatic carbocycles. The highest BCUT2D eigenvalue weighted by atomic mass is 28.5. The summed E-state index contributed by atoms with van der Waals surface area (Å²) in [4.78, 5) is 0. The van der Waals surface area contributed by atoms with Crippen molar-refractivity contribution in [1.29, 1.82) is 0 Å². The van der Waals surface area contributed by atoms with Crippen LogP contribution < -0.4 is 5.73 Å². The maximum absolute atomic E-state index is 6.03. The van der Waals surface area contributed by atoms with E-state index in [9.17, 15) is 0 Å². The lowest BCUT2D eigenvalue weighted by Crippen LogP contribution is -2.49. The fourth-order valence-corrected chi connectivity index (χ4v) is 12.1. The number of hydrogen-bond acceptors (Lipinski definition) is 3. The van der Waals surface area contributed by atoms with Crippen molar-refractivity contribution in [2.75, 3.05) is 6.17 Å². The van der Waals surface area contributed by atoms with E-state index in [1.807, 2.05) is 0 Å². The van der Waals surface area contributed by atoms with Gasteiger partial charge in [-0.05, 0) is 39.3 Å². The average Bonchev–Trinajstić information content (AvgIpc) is 1.80. The topological polar surface area (TPSA) is 44.5 Å². The van der Waals surface area contributed by atoms with Crippen molar-refractivity contribution in [2.24, 2.45) is 5.73 Å². The predicted molar refractivity (Wildman–Crippen MR) is 65.1 cm³/mol. The predicted octanol–water partition coefficient (Wildman–Crippen LogP) is 1.41. The van der Waals surface area contributed by atoms with Gasteiger partial charge in [0, 0.05) is 6.17 Å². The highest BCUT2D eigenvalue weighted by Crippen LogP contribution is 2.15. The first-order valence-corrected chi connectivity index (χ1v) is 13.4. The fourth-order valence-electron chi connectivity index (χ4n) is 1.29. The Balaban J connectivity index is 4.08. The van der Waals surface area contributed by atoms with E-state index in [2.05, 4.69) is 39.3 Å². The van der Waals surface area contributed by atoms with Gasteiger partial charge >= 0.3 is 8.56 Å². The van der Waals surface area contributed by atoms with Crippen LogP contribution in [0.1, 0.15) is 0 Å². The van der Waals surface area contributed by atoms with Crippen LogP contribution >= 0.6 is 0 Å². The summed E-state index contributed by atoms with van der Waals surface area (Å²) < 4.78 is 12.0. The van der Waals surface area contributed by atoms with Crippen LogP contribution in [0.25, 0.3) is 0 Å². The maximum Gasteiger partial charge on any atom is 0.311 e. The zero-order chi connectivity index (χ0) is 10.7. The average molecular weight is 238 g/mol. The summed E-state index contributed by atoms with van der Waals surface area (Å²) in [6, 6.07) is 0. The first-order valence-electron chi connectivity index (χ1n) is 4.74. The molecule has 6 heteroatoms. The molecule has 0 fully saturated rings. The normalized spacial score (nSPS) is 15.9. The summed E-state index contributed by atoms with van der Waals surface area (Å²) in [5, 5.41) is 0. The van der Waals surface area contributed by atoms with E-state index in [0.29, 0.717) is 6.17 Å². The molecule has 1 unspecified atom stereocenters. The quantitative estimate of drug-likeness (QED) is 0.735. The smallest absolute Gasteiger partial charge is 0.311 e. The first kappa shape index (κ1) is 13.5. The van der Waals surface area contributed by atoms with Gasteiger partial charge in [-0.1, -0.05) is 0 Å². The molecule has 0 amide bonds. The van der Waals surface area contributed by atoms with Crippen molar-refractivity contribution >= 4 is 25.9 Å². The molecule has 0 saturated heterocycles. The van der Waals surface area contributed by atoms with Crippen LogP contribution in [0.3, 0.4) is 0 Å². The lowest BCUT2D eigenvalue weighted by Gasteiger charge is -2.33. The van der Waals surface area contributed by atoms with Crippen molar-refractivity contribution < 1.29 is 8.23 Å². The molecular formula is C7H23NO2Si3. The maximum atomic E-state index is 6.03. The van der Waals surface area contributed by atoms with Gasteiger partial charge < -0.3 is 14.0 Å². The Kier molecular flexibility index (Phi) is 5.05. The molecule has 80 valence electrons. The second kappa shape index (κ2) is 4.85. The van der Waals surface area contributed by atoms with Crippen LogP contribution in [0.2, 0.25) is 39.3 Å².